The van der Waals surface area contributed by atoms with Crippen LogP contribution < -0.4 is 0 Å². The molecule has 152 valence electrons. The lowest BCUT2D eigenvalue weighted by molar-refractivity contribution is 0.273. The number of hydrogen-bond acceptors (Lipinski definition) is 2. The second kappa shape index (κ2) is 15.3. The summed E-state index contributed by atoms with van der Waals surface area (Å²) >= 11 is 0. The summed E-state index contributed by atoms with van der Waals surface area (Å²) in [7, 11) is 0. The van der Waals surface area contributed by atoms with Crippen LogP contribution in [0.5, 0.6) is 0 Å². The fourth-order valence-electron chi connectivity index (χ4n) is 3.49. The summed E-state index contributed by atoms with van der Waals surface area (Å²) in [5.74, 6) is 0.978. The molecule has 0 amide bonds. The van der Waals surface area contributed by atoms with Crippen LogP contribution in [0.3, 0.4) is 0 Å². The fourth-order valence-corrected chi connectivity index (χ4v) is 3.49. The molecule has 2 heteroatoms. The molecule has 0 fully saturated rings. The first-order valence-electron chi connectivity index (χ1n) is 11.5. The van der Waals surface area contributed by atoms with Gasteiger partial charge in [0.2, 0.25) is 0 Å². The normalized spacial score (nSPS) is 16.2. The van der Waals surface area contributed by atoms with Gasteiger partial charge in [0.05, 0.1) is 5.54 Å². The van der Waals surface area contributed by atoms with E-state index >= 15 is 0 Å². The van der Waals surface area contributed by atoms with Crippen molar-refractivity contribution in [1.82, 2.24) is 0 Å². The van der Waals surface area contributed by atoms with Gasteiger partial charge in [-0.2, -0.15) is 0 Å². The van der Waals surface area contributed by atoms with Gasteiger partial charge in [0.25, 0.3) is 0 Å². The SMILES string of the molecule is CCCCCCCCCCCC/C=C\CCCCCC1=NC(C)(C)CO1. The minimum Gasteiger partial charge on any atom is -0.478 e. The van der Waals surface area contributed by atoms with E-state index < -0.39 is 0 Å². The Balaban J connectivity index is 1.77. The van der Waals surface area contributed by atoms with Crippen molar-refractivity contribution in [2.24, 2.45) is 4.99 Å². The highest BCUT2D eigenvalue weighted by atomic mass is 16.5. The minimum absolute atomic E-state index is 0.00665. The van der Waals surface area contributed by atoms with Gasteiger partial charge in [-0.3, -0.25) is 0 Å². The maximum absolute atomic E-state index is 5.63. The summed E-state index contributed by atoms with van der Waals surface area (Å²) in [5.41, 5.74) is 0.00665. The van der Waals surface area contributed by atoms with Crippen LogP contribution >= 0.6 is 0 Å². The molecule has 1 aliphatic rings. The molecule has 0 N–H and O–H groups in total. The van der Waals surface area contributed by atoms with E-state index in [0.29, 0.717) is 0 Å². The van der Waals surface area contributed by atoms with Crippen LogP contribution in [0.4, 0.5) is 0 Å². The van der Waals surface area contributed by atoms with E-state index in [9.17, 15) is 0 Å². The van der Waals surface area contributed by atoms with E-state index in [4.69, 9.17) is 4.74 Å². The monoisotopic (exact) mass is 363 g/mol. The molecule has 0 unspecified atom stereocenters. The Labute approximate surface area is 163 Å². The van der Waals surface area contributed by atoms with Gasteiger partial charge in [-0.25, -0.2) is 4.99 Å². The second-order valence-corrected chi connectivity index (χ2v) is 8.65. The lowest BCUT2D eigenvalue weighted by atomic mass is 10.1. The van der Waals surface area contributed by atoms with Crippen LogP contribution in [0.15, 0.2) is 17.1 Å². The third-order valence-corrected chi connectivity index (χ3v) is 5.17. The van der Waals surface area contributed by atoms with Crippen molar-refractivity contribution in [1.29, 1.82) is 0 Å². The van der Waals surface area contributed by atoms with Gasteiger partial charge in [0, 0.05) is 6.42 Å². The van der Waals surface area contributed by atoms with E-state index in [1.54, 1.807) is 0 Å². The summed E-state index contributed by atoms with van der Waals surface area (Å²) in [6, 6.07) is 0. The molecule has 0 aromatic heterocycles. The molecule has 1 rings (SSSR count). The lowest BCUT2D eigenvalue weighted by Gasteiger charge is -2.07. The van der Waals surface area contributed by atoms with Crippen molar-refractivity contribution in [2.75, 3.05) is 6.61 Å². The maximum atomic E-state index is 5.63. The van der Waals surface area contributed by atoms with Crippen LogP contribution in [-0.2, 0) is 4.74 Å². The lowest BCUT2D eigenvalue weighted by Crippen LogP contribution is -2.17. The number of ether oxygens (including phenoxy) is 1. The number of allylic oxidation sites excluding steroid dienone is 2. The molecule has 0 aromatic rings. The summed E-state index contributed by atoms with van der Waals surface area (Å²) in [6.45, 7) is 7.32. The molecule has 0 atom stereocenters. The van der Waals surface area contributed by atoms with Gasteiger partial charge in [-0.15, -0.1) is 0 Å². The third-order valence-electron chi connectivity index (χ3n) is 5.17. The van der Waals surface area contributed by atoms with Crippen molar-refractivity contribution in [2.45, 2.75) is 129 Å². The van der Waals surface area contributed by atoms with E-state index in [1.807, 2.05) is 0 Å². The first-order valence-corrected chi connectivity index (χ1v) is 11.5. The fraction of sp³-hybridized carbons (Fsp3) is 0.875. The highest BCUT2D eigenvalue weighted by Crippen LogP contribution is 2.19. The zero-order chi connectivity index (χ0) is 18.9. The molecule has 1 heterocycles. The number of rotatable bonds is 17. The highest BCUT2D eigenvalue weighted by molar-refractivity contribution is 5.78. The highest BCUT2D eigenvalue weighted by Gasteiger charge is 2.25. The first kappa shape index (κ1) is 23.2. The number of aliphatic imine (C=N–C) groups is 1. The zero-order valence-electron chi connectivity index (χ0n) is 18.0. The average molecular weight is 364 g/mol. The molecule has 0 spiro atoms. The Kier molecular flexibility index (Phi) is 13.7. The summed E-state index contributed by atoms with van der Waals surface area (Å²) in [5, 5.41) is 0. The summed E-state index contributed by atoms with van der Waals surface area (Å²) in [6.07, 6.45) is 26.4. The van der Waals surface area contributed by atoms with Crippen molar-refractivity contribution >= 4 is 5.90 Å². The van der Waals surface area contributed by atoms with Crippen molar-refractivity contribution < 1.29 is 4.74 Å². The largest absolute Gasteiger partial charge is 0.478 e. The molecule has 1 aliphatic heterocycles. The molecule has 0 aliphatic carbocycles. The molecule has 26 heavy (non-hydrogen) atoms. The molecular formula is C24H45NO. The number of nitrogens with zero attached hydrogens (tertiary/aromatic N) is 1. The first-order chi connectivity index (χ1) is 12.6. The van der Waals surface area contributed by atoms with E-state index in [1.165, 1.54) is 96.3 Å². The molecular weight excluding hydrogens is 318 g/mol. The Morgan fingerprint density at radius 2 is 1.27 bits per heavy atom. The van der Waals surface area contributed by atoms with Crippen molar-refractivity contribution in [3.8, 4) is 0 Å². The minimum atomic E-state index is 0.00665. The van der Waals surface area contributed by atoms with E-state index in [0.717, 1.165) is 18.9 Å². The van der Waals surface area contributed by atoms with Gasteiger partial charge in [-0.05, 0) is 46.0 Å². The Hall–Kier alpha value is -0.790. The van der Waals surface area contributed by atoms with E-state index in [-0.39, 0.29) is 5.54 Å². The predicted molar refractivity (Wildman–Crippen MR) is 116 cm³/mol. The van der Waals surface area contributed by atoms with Gasteiger partial charge in [-0.1, -0.05) is 83.3 Å². The van der Waals surface area contributed by atoms with Gasteiger partial charge < -0.3 is 4.74 Å². The maximum Gasteiger partial charge on any atom is 0.183 e. The zero-order valence-corrected chi connectivity index (χ0v) is 18.0. The molecule has 0 saturated carbocycles. The molecule has 0 radical (unpaired) electrons. The second-order valence-electron chi connectivity index (χ2n) is 8.65. The number of hydrogen-bond donors (Lipinski definition) is 0. The average Bonchev–Trinajstić information content (AvgIpc) is 2.96. The van der Waals surface area contributed by atoms with Crippen LogP contribution in [-0.4, -0.2) is 18.0 Å². The van der Waals surface area contributed by atoms with Crippen molar-refractivity contribution in [3.63, 3.8) is 0 Å². The van der Waals surface area contributed by atoms with Gasteiger partial charge in [0.15, 0.2) is 5.90 Å². The Morgan fingerprint density at radius 3 is 1.77 bits per heavy atom. The summed E-state index contributed by atoms with van der Waals surface area (Å²) in [4.78, 5) is 4.61. The molecule has 2 nitrogen and oxygen atoms in total. The number of unbranched alkanes of at least 4 members (excludes halogenated alkanes) is 13. The Morgan fingerprint density at radius 1 is 0.769 bits per heavy atom. The molecule has 0 saturated heterocycles. The third kappa shape index (κ3) is 13.4. The smallest absolute Gasteiger partial charge is 0.183 e. The van der Waals surface area contributed by atoms with Gasteiger partial charge >= 0.3 is 0 Å². The quantitative estimate of drug-likeness (QED) is 0.189. The summed E-state index contributed by atoms with van der Waals surface area (Å²) < 4.78 is 5.63. The molecule has 0 aromatic carbocycles. The molecule has 0 bridgehead atoms. The Bertz CT molecular complexity index is 384. The van der Waals surface area contributed by atoms with Crippen LogP contribution in [0.1, 0.15) is 124 Å². The standard InChI is InChI=1S/C24H45NO/c1-4-5-6-7-8-9-10-11-12-13-14-15-16-17-18-19-20-21-23-25-24(2,3)22-26-23/h15-16H,4-14,17-22H2,1-3H3/b16-15-. The predicted octanol–water partition coefficient (Wildman–Crippen LogP) is 8.01. The van der Waals surface area contributed by atoms with Gasteiger partial charge in [0.1, 0.15) is 6.61 Å². The topological polar surface area (TPSA) is 21.6 Å². The van der Waals surface area contributed by atoms with Crippen LogP contribution in [0.2, 0.25) is 0 Å². The van der Waals surface area contributed by atoms with Crippen molar-refractivity contribution in [3.05, 3.63) is 12.2 Å². The van der Waals surface area contributed by atoms with Crippen LogP contribution in [0.25, 0.3) is 0 Å². The van der Waals surface area contributed by atoms with E-state index in [2.05, 4.69) is 37.9 Å². The van der Waals surface area contributed by atoms with Crippen LogP contribution in [0, 0.1) is 0 Å².